The van der Waals surface area contributed by atoms with Crippen LogP contribution in [-0.2, 0) is 6.42 Å². The first-order valence-electron chi connectivity index (χ1n) is 8.50. The Morgan fingerprint density at radius 3 is 2.54 bits per heavy atom. The third-order valence-electron chi connectivity index (χ3n) is 4.68. The van der Waals surface area contributed by atoms with Crippen molar-refractivity contribution in [2.45, 2.75) is 26.3 Å². The Kier molecular flexibility index (Phi) is 4.79. The summed E-state index contributed by atoms with van der Waals surface area (Å²) >= 11 is 0. The lowest BCUT2D eigenvalue weighted by molar-refractivity contribution is 0.0668. The van der Waals surface area contributed by atoms with Crippen molar-refractivity contribution < 1.29 is 9.53 Å². The molecule has 0 spiro atoms. The molecule has 0 saturated carbocycles. The highest BCUT2D eigenvalue weighted by molar-refractivity contribution is 5.93. The first-order valence-corrected chi connectivity index (χ1v) is 8.50. The lowest BCUT2D eigenvalue weighted by Crippen LogP contribution is -2.54. The molecule has 2 aromatic rings. The van der Waals surface area contributed by atoms with Gasteiger partial charge >= 0.3 is 0 Å². The summed E-state index contributed by atoms with van der Waals surface area (Å²) in [5.74, 6) is 0.954. The van der Waals surface area contributed by atoms with Crippen LogP contribution >= 0.6 is 0 Å². The van der Waals surface area contributed by atoms with Gasteiger partial charge in [-0.05, 0) is 49.7 Å². The SMILES string of the molecule is CCc1ccc(C(=O)N2CCN(c3ccc(OC)cc3)C[C@@H]2C)[nH]1. The van der Waals surface area contributed by atoms with E-state index in [2.05, 4.69) is 35.9 Å². The highest BCUT2D eigenvalue weighted by Gasteiger charge is 2.28. The van der Waals surface area contributed by atoms with Gasteiger partial charge in [-0.2, -0.15) is 0 Å². The lowest BCUT2D eigenvalue weighted by Gasteiger charge is -2.40. The van der Waals surface area contributed by atoms with E-state index in [4.69, 9.17) is 4.74 Å². The minimum atomic E-state index is 0.0941. The number of aromatic amines is 1. The second kappa shape index (κ2) is 6.99. The van der Waals surface area contributed by atoms with Crippen LogP contribution in [-0.4, -0.2) is 48.6 Å². The summed E-state index contributed by atoms with van der Waals surface area (Å²) in [5.41, 5.74) is 2.96. The number of carbonyl (C=O) groups excluding carboxylic acids is 1. The molecule has 1 amide bonds. The van der Waals surface area contributed by atoms with Crippen LogP contribution in [0.3, 0.4) is 0 Å². The average molecular weight is 327 g/mol. The number of aryl methyl sites for hydroxylation is 1. The number of amides is 1. The van der Waals surface area contributed by atoms with Gasteiger partial charge in [-0.25, -0.2) is 0 Å². The van der Waals surface area contributed by atoms with E-state index < -0.39 is 0 Å². The number of rotatable bonds is 4. The van der Waals surface area contributed by atoms with E-state index in [0.717, 1.165) is 37.5 Å². The van der Waals surface area contributed by atoms with Gasteiger partial charge in [0.05, 0.1) is 7.11 Å². The van der Waals surface area contributed by atoms with Crippen LogP contribution in [0.2, 0.25) is 0 Å². The molecule has 1 aliphatic rings. The van der Waals surface area contributed by atoms with Crippen LogP contribution in [0.1, 0.15) is 30.0 Å². The molecule has 5 nitrogen and oxygen atoms in total. The summed E-state index contributed by atoms with van der Waals surface area (Å²) in [6, 6.07) is 12.1. The van der Waals surface area contributed by atoms with Crippen LogP contribution in [0.25, 0.3) is 0 Å². The van der Waals surface area contributed by atoms with Crippen LogP contribution in [0.4, 0.5) is 5.69 Å². The molecule has 0 bridgehead atoms. The highest BCUT2D eigenvalue weighted by atomic mass is 16.5. The zero-order valence-corrected chi connectivity index (χ0v) is 14.6. The van der Waals surface area contributed by atoms with Crippen molar-refractivity contribution in [2.24, 2.45) is 0 Å². The molecule has 2 heterocycles. The zero-order chi connectivity index (χ0) is 17.1. The van der Waals surface area contributed by atoms with Crippen LogP contribution < -0.4 is 9.64 Å². The minimum Gasteiger partial charge on any atom is -0.497 e. The lowest BCUT2D eigenvalue weighted by atomic mass is 10.1. The Hall–Kier alpha value is -2.43. The average Bonchev–Trinajstić information content (AvgIpc) is 3.10. The summed E-state index contributed by atoms with van der Waals surface area (Å²) in [6.07, 6.45) is 0.911. The number of hydrogen-bond acceptors (Lipinski definition) is 3. The molecule has 128 valence electrons. The molecular formula is C19H25N3O2. The van der Waals surface area contributed by atoms with Crippen molar-refractivity contribution in [3.63, 3.8) is 0 Å². The normalized spacial score (nSPS) is 17.9. The fraction of sp³-hybridized carbons (Fsp3) is 0.421. The topological polar surface area (TPSA) is 48.6 Å². The number of aromatic nitrogens is 1. The molecule has 24 heavy (non-hydrogen) atoms. The minimum absolute atomic E-state index is 0.0941. The molecule has 1 aromatic heterocycles. The number of nitrogens with zero attached hydrogens (tertiary/aromatic N) is 2. The van der Waals surface area contributed by atoms with Crippen molar-refractivity contribution in [3.8, 4) is 5.75 Å². The Bertz CT molecular complexity index is 693. The highest BCUT2D eigenvalue weighted by Crippen LogP contribution is 2.23. The van der Waals surface area contributed by atoms with Crippen molar-refractivity contribution in [3.05, 3.63) is 47.8 Å². The van der Waals surface area contributed by atoms with Gasteiger partial charge in [0.25, 0.3) is 5.91 Å². The van der Waals surface area contributed by atoms with E-state index in [0.29, 0.717) is 5.69 Å². The standard InChI is InChI=1S/C19H25N3O2/c1-4-15-5-10-18(20-15)19(23)22-12-11-21(13-14(22)2)16-6-8-17(24-3)9-7-16/h5-10,14,20H,4,11-13H2,1-3H3/t14-/m0/s1. The quantitative estimate of drug-likeness (QED) is 0.939. The fourth-order valence-corrected chi connectivity index (χ4v) is 3.21. The zero-order valence-electron chi connectivity index (χ0n) is 14.6. The van der Waals surface area contributed by atoms with E-state index in [1.54, 1.807) is 7.11 Å². The van der Waals surface area contributed by atoms with Crippen molar-refractivity contribution in [1.29, 1.82) is 0 Å². The van der Waals surface area contributed by atoms with E-state index >= 15 is 0 Å². The molecule has 0 unspecified atom stereocenters. The Labute approximate surface area is 143 Å². The maximum absolute atomic E-state index is 12.7. The molecule has 1 fully saturated rings. The second-order valence-electron chi connectivity index (χ2n) is 6.24. The summed E-state index contributed by atoms with van der Waals surface area (Å²) < 4.78 is 5.21. The molecule has 0 radical (unpaired) electrons. The van der Waals surface area contributed by atoms with Gasteiger partial charge in [0, 0.05) is 37.1 Å². The Balaban J connectivity index is 1.67. The third kappa shape index (κ3) is 3.25. The Morgan fingerprint density at radius 1 is 1.21 bits per heavy atom. The molecule has 1 aromatic carbocycles. The number of nitrogens with one attached hydrogen (secondary N) is 1. The van der Waals surface area contributed by atoms with E-state index in [1.807, 2.05) is 29.2 Å². The van der Waals surface area contributed by atoms with Gasteiger partial charge in [0.2, 0.25) is 0 Å². The summed E-state index contributed by atoms with van der Waals surface area (Å²) in [6.45, 7) is 6.59. The van der Waals surface area contributed by atoms with Crippen LogP contribution in [0.15, 0.2) is 36.4 Å². The largest absolute Gasteiger partial charge is 0.497 e. The number of benzene rings is 1. The number of ether oxygens (including phenoxy) is 1. The molecule has 0 aliphatic carbocycles. The van der Waals surface area contributed by atoms with Crippen molar-refractivity contribution in [1.82, 2.24) is 9.88 Å². The number of hydrogen-bond donors (Lipinski definition) is 1. The monoisotopic (exact) mass is 327 g/mol. The van der Waals surface area contributed by atoms with Crippen molar-refractivity contribution >= 4 is 11.6 Å². The number of carbonyl (C=O) groups is 1. The predicted octanol–water partition coefficient (Wildman–Crippen LogP) is 2.94. The molecule has 1 saturated heterocycles. The van der Waals surface area contributed by atoms with Crippen LogP contribution in [0, 0.1) is 0 Å². The summed E-state index contributed by atoms with van der Waals surface area (Å²) in [5, 5.41) is 0. The molecule has 5 heteroatoms. The number of anilines is 1. The van der Waals surface area contributed by atoms with E-state index in [1.165, 1.54) is 5.69 Å². The third-order valence-corrected chi connectivity index (χ3v) is 4.68. The summed E-state index contributed by atoms with van der Waals surface area (Å²) in [4.78, 5) is 20.2. The van der Waals surface area contributed by atoms with Gasteiger partial charge in [-0.3, -0.25) is 4.79 Å². The van der Waals surface area contributed by atoms with E-state index in [9.17, 15) is 4.79 Å². The first kappa shape index (κ1) is 16.4. The van der Waals surface area contributed by atoms with Gasteiger partial charge in [0.15, 0.2) is 0 Å². The number of methoxy groups -OCH3 is 1. The van der Waals surface area contributed by atoms with Crippen LogP contribution in [0.5, 0.6) is 5.75 Å². The number of H-pyrrole nitrogens is 1. The van der Waals surface area contributed by atoms with Crippen molar-refractivity contribution in [2.75, 3.05) is 31.6 Å². The smallest absolute Gasteiger partial charge is 0.270 e. The van der Waals surface area contributed by atoms with Gasteiger partial charge in [0.1, 0.15) is 11.4 Å². The molecule has 1 N–H and O–H groups in total. The van der Waals surface area contributed by atoms with Gasteiger partial charge in [-0.15, -0.1) is 0 Å². The second-order valence-corrected chi connectivity index (χ2v) is 6.24. The molecule has 3 rings (SSSR count). The van der Waals surface area contributed by atoms with E-state index in [-0.39, 0.29) is 11.9 Å². The molecular weight excluding hydrogens is 302 g/mol. The Morgan fingerprint density at radius 2 is 1.96 bits per heavy atom. The molecule has 1 atom stereocenters. The fourth-order valence-electron chi connectivity index (χ4n) is 3.21. The van der Waals surface area contributed by atoms with Gasteiger partial charge in [-0.1, -0.05) is 6.92 Å². The summed E-state index contributed by atoms with van der Waals surface area (Å²) in [7, 11) is 1.67. The first-order chi connectivity index (χ1) is 11.6. The molecule has 1 aliphatic heterocycles. The maximum atomic E-state index is 12.7. The van der Waals surface area contributed by atoms with Gasteiger partial charge < -0.3 is 19.5 Å². The maximum Gasteiger partial charge on any atom is 0.270 e. The number of piperazine rings is 1. The predicted molar refractivity (Wildman–Crippen MR) is 95.9 cm³/mol.